The molecule has 0 bridgehead atoms. The van der Waals surface area contributed by atoms with Gasteiger partial charge in [-0.15, -0.1) is 0 Å². The molecule has 0 amide bonds. The summed E-state index contributed by atoms with van der Waals surface area (Å²) in [4.78, 5) is 8.05. The lowest BCUT2D eigenvalue weighted by atomic mass is 10.0. The first-order valence-corrected chi connectivity index (χ1v) is 8.99. The molecule has 128 valence electrons. The van der Waals surface area contributed by atoms with E-state index in [1.807, 2.05) is 25.1 Å². The Morgan fingerprint density at radius 1 is 1.29 bits per heavy atom. The van der Waals surface area contributed by atoms with Crippen molar-refractivity contribution < 1.29 is 9.84 Å². The molecule has 0 spiro atoms. The second-order valence-corrected chi connectivity index (χ2v) is 6.38. The van der Waals surface area contributed by atoms with Gasteiger partial charge in [0.15, 0.2) is 0 Å². The van der Waals surface area contributed by atoms with E-state index >= 15 is 0 Å². The summed E-state index contributed by atoms with van der Waals surface area (Å²) in [6.45, 7) is 8.58. The molecule has 2 heterocycles. The number of ether oxygens (including phenoxy) is 1. The fraction of sp³-hybridized carbons (Fsp3) is 0.412. The van der Waals surface area contributed by atoms with Crippen molar-refractivity contribution in [2.45, 2.75) is 26.8 Å². The van der Waals surface area contributed by atoms with Crippen molar-refractivity contribution in [3.05, 3.63) is 41.0 Å². The summed E-state index contributed by atoms with van der Waals surface area (Å²) < 4.78 is 7.14. The highest BCUT2D eigenvalue weighted by atomic mass is 32.1. The van der Waals surface area contributed by atoms with Crippen molar-refractivity contribution in [1.29, 1.82) is 0 Å². The monoisotopic (exact) mass is 346 g/mol. The average molecular weight is 346 g/mol. The minimum Gasteiger partial charge on any atom is -0.494 e. The summed E-state index contributed by atoms with van der Waals surface area (Å²) >= 11 is 1.47. The second-order valence-electron chi connectivity index (χ2n) is 5.37. The molecule has 3 rings (SSSR count). The SMILES string of the molecule is CCOc1cccc(C(c2sc3ncnn3c2O)N(CC)CC)c1. The van der Waals surface area contributed by atoms with Crippen LogP contribution in [0.25, 0.3) is 4.96 Å². The van der Waals surface area contributed by atoms with Crippen molar-refractivity contribution in [2.75, 3.05) is 19.7 Å². The van der Waals surface area contributed by atoms with Gasteiger partial charge in [0, 0.05) is 0 Å². The Labute approximate surface area is 145 Å². The third kappa shape index (κ3) is 2.97. The minimum atomic E-state index is -0.0612. The molecule has 1 atom stereocenters. The maximum Gasteiger partial charge on any atom is 0.230 e. The van der Waals surface area contributed by atoms with Gasteiger partial charge in [0.1, 0.15) is 12.1 Å². The number of hydrogen-bond donors (Lipinski definition) is 1. The van der Waals surface area contributed by atoms with Gasteiger partial charge in [-0.2, -0.15) is 9.61 Å². The summed E-state index contributed by atoms with van der Waals surface area (Å²) in [7, 11) is 0. The van der Waals surface area contributed by atoms with E-state index in [9.17, 15) is 5.11 Å². The van der Waals surface area contributed by atoms with Crippen LogP contribution in [0.15, 0.2) is 30.6 Å². The molecule has 7 heteroatoms. The van der Waals surface area contributed by atoms with Crippen molar-refractivity contribution in [3.8, 4) is 11.6 Å². The van der Waals surface area contributed by atoms with Crippen molar-refractivity contribution in [2.24, 2.45) is 0 Å². The predicted octanol–water partition coefficient (Wildman–Crippen LogP) is 3.33. The molecule has 1 aromatic carbocycles. The van der Waals surface area contributed by atoms with Gasteiger partial charge < -0.3 is 9.84 Å². The molecule has 3 aromatic rings. The summed E-state index contributed by atoms with van der Waals surface area (Å²) in [5, 5.41) is 14.7. The molecule has 2 aromatic heterocycles. The van der Waals surface area contributed by atoms with Gasteiger partial charge >= 0.3 is 0 Å². The van der Waals surface area contributed by atoms with E-state index in [2.05, 4.69) is 34.9 Å². The number of aromatic nitrogens is 3. The molecule has 0 saturated carbocycles. The number of benzene rings is 1. The molecule has 0 aliphatic carbocycles. The quantitative estimate of drug-likeness (QED) is 0.711. The molecule has 6 nitrogen and oxygen atoms in total. The summed E-state index contributed by atoms with van der Waals surface area (Å²) in [6.07, 6.45) is 1.46. The lowest BCUT2D eigenvalue weighted by molar-refractivity contribution is 0.247. The summed E-state index contributed by atoms with van der Waals surface area (Å²) in [6, 6.07) is 8.00. The first kappa shape index (κ1) is 16.7. The number of rotatable bonds is 7. The number of thiazole rings is 1. The highest BCUT2D eigenvalue weighted by Gasteiger charge is 2.28. The maximum absolute atomic E-state index is 10.6. The molecule has 0 saturated heterocycles. The largest absolute Gasteiger partial charge is 0.494 e. The van der Waals surface area contributed by atoms with Crippen molar-refractivity contribution in [1.82, 2.24) is 19.5 Å². The van der Waals surface area contributed by atoms with E-state index in [-0.39, 0.29) is 11.9 Å². The molecule has 0 fully saturated rings. The molecule has 0 aliphatic rings. The normalized spacial score (nSPS) is 12.8. The van der Waals surface area contributed by atoms with E-state index in [0.29, 0.717) is 11.6 Å². The van der Waals surface area contributed by atoms with E-state index in [1.165, 1.54) is 22.2 Å². The Kier molecular flexibility index (Phi) is 5.01. The Morgan fingerprint density at radius 2 is 2.08 bits per heavy atom. The van der Waals surface area contributed by atoms with Crippen LogP contribution in [0.3, 0.4) is 0 Å². The number of nitrogens with zero attached hydrogens (tertiary/aromatic N) is 4. The first-order valence-electron chi connectivity index (χ1n) is 8.17. The fourth-order valence-electron chi connectivity index (χ4n) is 2.93. The zero-order valence-corrected chi connectivity index (χ0v) is 15.0. The second kappa shape index (κ2) is 7.19. The third-order valence-corrected chi connectivity index (χ3v) is 5.14. The van der Waals surface area contributed by atoms with Crippen LogP contribution in [-0.4, -0.2) is 44.3 Å². The summed E-state index contributed by atoms with van der Waals surface area (Å²) in [5.74, 6) is 0.998. The molecule has 1 N–H and O–H groups in total. The Balaban J connectivity index is 2.11. The van der Waals surface area contributed by atoms with Gasteiger partial charge in [-0.05, 0) is 37.7 Å². The van der Waals surface area contributed by atoms with Crippen LogP contribution >= 0.6 is 11.3 Å². The van der Waals surface area contributed by atoms with E-state index < -0.39 is 0 Å². The van der Waals surface area contributed by atoms with E-state index in [0.717, 1.165) is 29.3 Å². The van der Waals surface area contributed by atoms with Crippen LogP contribution in [-0.2, 0) is 0 Å². The molecule has 0 aliphatic heterocycles. The Morgan fingerprint density at radius 3 is 2.75 bits per heavy atom. The van der Waals surface area contributed by atoms with Crippen LogP contribution in [0.1, 0.15) is 37.3 Å². The number of fused-ring (bicyclic) bond motifs is 1. The van der Waals surface area contributed by atoms with Crippen molar-refractivity contribution in [3.63, 3.8) is 0 Å². The molecule has 1 unspecified atom stereocenters. The van der Waals surface area contributed by atoms with Crippen LogP contribution in [0.5, 0.6) is 11.6 Å². The number of aromatic hydroxyl groups is 1. The fourth-order valence-corrected chi connectivity index (χ4v) is 4.02. The average Bonchev–Trinajstić information content (AvgIpc) is 3.16. The zero-order chi connectivity index (χ0) is 17.1. The lowest BCUT2D eigenvalue weighted by Crippen LogP contribution is -2.28. The number of hydrogen-bond acceptors (Lipinski definition) is 6. The van der Waals surface area contributed by atoms with Gasteiger partial charge in [0.25, 0.3) is 0 Å². The van der Waals surface area contributed by atoms with Crippen molar-refractivity contribution >= 4 is 16.3 Å². The molecular formula is C17H22N4O2S. The lowest BCUT2D eigenvalue weighted by Gasteiger charge is -2.29. The van der Waals surface area contributed by atoms with Crippen LogP contribution in [0.2, 0.25) is 0 Å². The highest BCUT2D eigenvalue weighted by molar-refractivity contribution is 7.17. The topological polar surface area (TPSA) is 62.9 Å². The van der Waals surface area contributed by atoms with E-state index in [1.54, 1.807) is 0 Å². The minimum absolute atomic E-state index is 0.0612. The maximum atomic E-state index is 10.6. The molecule has 24 heavy (non-hydrogen) atoms. The van der Waals surface area contributed by atoms with Crippen LogP contribution in [0, 0.1) is 0 Å². The van der Waals surface area contributed by atoms with Gasteiger partial charge in [-0.25, -0.2) is 4.98 Å². The van der Waals surface area contributed by atoms with Gasteiger partial charge in [-0.1, -0.05) is 37.3 Å². The highest BCUT2D eigenvalue weighted by Crippen LogP contribution is 2.40. The predicted molar refractivity (Wildman–Crippen MR) is 94.9 cm³/mol. The van der Waals surface area contributed by atoms with Gasteiger partial charge in [0.05, 0.1) is 17.5 Å². The van der Waals surface area contributed by atoms with Crippen LogP contribution < -0.4 is 4.74 Å². The standard InChI is InChI=1S/C17H22N4O2S/c1-4-20(5-2)14(12-8-7-9-13(10-12)23-6-3)15-16(22)21-17(24-15)18-11-19-21/h7-11,14,22H,4-6H2,1-3H3. The zero-order valence-electron chi connectivity index (χ0n) is 14.1. The van der Waals surface area contributed by atoms with Crippen LogP contribution in [0.4, 0.5) is 0 Å². The summed E-state index contributed by atoms with van der Waals surface area (Å²) in [5.41, 5.74) is 1.09. The third-order valence-electron chi connectivity index (χ3n) is 4.05. The van der Waals surface area contributed by atoms with Gasteiger partial charge in [-0.3, -0.25) is 4.90 Å². The smallest absolute Gasteiger partial charge is 0.230 e. The Hall–Kier alpha value is -2.12. The first-order chi connectivity index (χ1) is 11.7. The Bertz CT molecular complexity index is 810. The molecule has 0 radical (unpaired) electrons. The molecular weight excluding hydrogens is 324 g/mol. The van der Waals surface area contributed by atoms with E-state index in [4.69, 9.17) is 4.74 Å². The van der Waals surface area contributed by atoms with Gasteiger partial charge in [0.2, 0.25) is 10.8 Å².